The largest absolute Gasteiger partial charge is 0.496 e. The fourth-order valence-electron chi connectivity index (χ4n) is 4.21. The number of carbonyl (C=O) groups excluding carboxylic acids is 2. The molecule has 0 radical (unpaired) electrons. The van der Waals surface area contributed by atoms with E-state index in [4.69, 9.17) is 4.74 Å². The third kappa shape index (κ3) is 3.60. The number of methoxy groups -OCH3 is 1. The lowest BCUT2D eigenvalue weighted by Crippen LogP contribution is -2.51. The van der Waals surface area contributed by atoms with E-state index in [1.807, 2.05) is 12.1 Å². The van der Waals surface area contributed by atoms with Crippen molar-refractivity contribution in [2.45, 2.75) is 12.0 Å². The molecule has 30 heavy (non-hydrogen) atoms. The molecule has 4 rings (SSSR count). The molecule has 2 aromatic rings. The highest BCUT2D eigenvalue weighted by Crippen LogP contribution is 2.43. The summed E-state index contributed by atoms with van der Waals surface area (Å²) in [6.45, 7) is 3.96. The van der Waals surface area contributed by atoms with Gasteiger partial charge >= 0.3 is 0 Å². The number of para-hydroxylation sites is 2. The number of hydrogen-bond acceptors (Lipinski definition) is 6. The fraction of sp³-hybridized carbons (Fsp3) is 0.391. The molecule has 1 atom stereocenters. The minimum Gasteiger partial charge on any atom is -0.496 e. The first-order valence-corrected chi connectivity index (χ1v) is 10.1. The topological polar surface area (TPSA) is 73.3 Å². The van der Waals surface area contributed by atoms with Crippen LogP contribution in [0.15, 0.2) is 48.5 Å². The molecule has 7 heteroatoms. The van der Waals surface area contributed by atoms with Crippen molar-refractivity contribution < 1.29 is 19.4 Å². The summed E-state index contributed by atoms with van der Waals surface area (Å²) in [7, 11) is 3.57. The van der Waals surface area contributed by atoms with E-state index in [0.717, 1.165) is 26.2 Å². The molecule has 2 aromatic carbocycles. The summed E-state index contributed by atoms with van der Waals surface area (Å²) < 4.78 is 5.28. The Labute approximate surface area is 176 Å². The molecule has 1 saturated heterocycles. The van der Waals surface area contributed by atoms with Crippen molar-refractivity contribution in [3.05, 3.63) is 59.7 Å². The number of Topliss-reactive ketones (excluding diaryl/α,β-unsaturated/α-hetero) is 1. The molecule has 1 amide bonds. The van der Waals surface area contributed by atoms with E-state index in [0.29, 0.717) is 29.2 Å². The lowest BCUT2D eigenvalue weighted by atomic mass is 9.88. The molecular weight excluding hydrogens is 382 g/mol. The Morgan fingerprint density at radius 2 is 1.73 bits per heavy atom. The van der Waals surface area contributed by atoms with Gasteiger partial charge in [-0.15, -0.1) is 0 Å². The van der Waals surface area contributed by atoms with Crippen molar-refractivity contribution in [2.24, 2.45) is 0 Å². The van der Waals surface area contributed by atoms with Gasteiger partial charge in [-0.1, -0.05) is 30.3 Å². The first-order chi connectivity index (χ1) is 14.4. The average molecular weight is 409 g/mol. The number of fused-ring (bicyclic) bond motifs is 1. The van der Waals surface area contributed by atoms with Crippen LogP contribution in [0.4, 0.5) is 5.69 Å². The third-order valence-electron chi connectivity index (χ3n) is 6.00. The van der Waals surface area contributed by atoms with Crippen molar-refractivity contribution in [2.75, 3.05) is 51.9 Å². The molecule has 1 N–H and O–H groups in total. The number of nitrogens with zero attached hydrogens (tertiary/aromatic N) is 3. The standard InChI is InChI=1S/C23H27N3O4/c1-24-11-13-25(14-12-24)16-26-19-9-5-4-8-18(19)23(29,22(26)28)15-20(27)17-7-3-6-10-21(17)30-2/h3-10,29H,11-16H2,1-2H3. The smallest absolute Gasteiger partial charge is 0.265 e. The zero-order valence-corrected chi connectivity index (χ0v) is 17.4. The van der Waals surface area contributed by atoms with Gasteiger partial charge in [-0.05, 0) is 25.2 Å². The van der Waals surface area contributed by atoms with Gasteiger partial charge in [-0.2, -0.15) is 0 Å². The van der Waals surface area contributed by atoms with Crippen molar-refractivity contribution in [1.29, 1.82) is 0 Å². The van der Waals surface area contributed by atoms with Gasteiger partial charge < -0.3 is 14.7 Å². The summed E-state index contributed by atoms with van der Waals surface area (Å²) in [6.07, 6.45) is -0.331. The number of piperazine rings is 1. The second kappa shape index (κ2) is 8.18. The maximum Gasteiger partial charge on any atom is 0.265 e. The predicted molar refractivity (Wildman–Crippen MR) is 114 cm³/mol. The first kappa shape index (κ1) is 20.5. The molecule has 0 aliphatic carbocycles. The van der Waals surface area contributed by atoms with Crippen LogP contribution in [0.5, 0.6) is 5.75 Å². The number of benzene rings is 2. The lowest BCUT2D eigenvalue weighted by molar-refractivity contribution is -0.136. The molecule has 2 aliphatic heterocycles. The number of anilines is 1. The fourth-order valence-corrected chi connectivity index (χ4v) is 4.21. The number of rotatable bonds is 6. The maximum atomic E-state index is 13.4. The van der Waals surface area contributed by atoms with Gasteiger partial charge in [0, 0.05) is 31.7 Å². The molecule has 2 heterocycles. The van der Waals surface area contributed by atoms with E-state index in [1.54, 1.807) is 41.3 Å². The van der Waals surface area contributed by atoms with Crippen LogP contribution >= 0.6 is 0 Å². The molecule has 0 bridgehead atoms. The number of likely N-dealkylation sites (N-methyl/N-ethyl adjacent to an activating group) is 1. The zero-order chi connectivity index (χ0) is 21.3. The summed E-state index contributed by atoms with van der Waals surface area (Å²) in [6, 6.07) is 14.0. The molecule has 1 unspecified atom stereocenters. The van der Waals surface area contributed by atoms with Crippen molar-refractivity contribution in [1.82, 2.24) is 9.80 Å². The van der Waals surface area contributed by atoms with Crippen LogP contribution in [0.1, 0.15) is 22.3 Å². The predicted octanol–water partition coefficient (Wildman–Crippen LogP) is 1.71. The minimum atomic E-state index is -1.89. The Morgan fingerprint density at radius 3 is 2.47 bits per heavy atom. The van der Waals surface area contributed by atoms with Crippen molar-refractivity contribution in [3.63, 3.8) is 0 Å². The summed E-state index contributed by atoms with van der Waals surface area (Å²) in [5.74, 6) is -0.357. The third-order valence-corrected chi connectivity index (χ3v) is 6.00. The van der Waals surface area contributed by atoms with E-state index in [-0.39, 0.29) is 12.2 Å². The number of amides is 1. The molecular formula is C23H27N3O4. The van der Waals surface area contributed by atoms with Gasteiger partial charge in [-0.3, -0.25) is 19.4 Å². The van der Waals surface area contributed by atoms with Gasteiger partial charge in [0.15, 0.2) is 11.4 Å². The van der Waals surface area contributed by atoms with Gasteiger partial charge in [0.25, 0.3) is 5.91 Å². The van der Waals surface area contributed by atoms with Crippen LogP contribution in [0.25, 0.3) is 0 Å². The van der Waals surface area contributed by atoms with Crippen LogP contribution < -0.4 is 9.64 Å². The second-order valence-corrected chi connectivity index (χ2v) is 7.97. The highest BCUT2D eigenvalue weighted by molar-refractivity contribution is 6.11. The number of aliphatic hydroxyl groups is 1. The molecule has 0 aromatic heterocycles. The lowest BCUT2D eigenvalue weighted by Gasteiger charge is -2.35. The highest BCUT2D eigenvalue weighted by Gasteiger charge is 2.51. The highest BCUT2D eigenvalue weighted by atomic mass is 16.5. The second-order valence-electron chi connectivity index (χ2n) is 7.97. The average Bonchev–Trinajstić information content (AvgIpc) is 2.97. The van der Waals surface area contributed by atoms with Crippen LogP contribution in [0, 0.1) is 0 Å². The Balaban J connectivity index is 1.61. The SMILES string of the molecule is COc1ccccc1C(=O)CC1(O)C(=O)N(CN2CCN(C)CC2)c2ccccc21. The van der Waals surface area contributed by atoms with Crippen LogP contribution in [0.3, 0.4) is 0 Å². The Morgan fingerprint density at radius 1 is 1.07 bits per heavy atom. The quantitative estimate of drug-likeness (QED) is 0.733. The number of ketones is 1. The van der Waals surface area contributed by atoms with Gasteiger partial charge in [0.1, 0.15) is 5.75 Å². The van der Waals surface area contributed by atoms with E-state index in [1.165, 1.54) is 7.11 Å². The molecule has 1 fully saturated rings. The van der Waals surface area contributed by atoms with Gasteiger partial charge in [0.05, 0.1) is 31.5 Å². The number of carbonyl (C=O) groups is 2. The maximum absolute atomic E-state index is 13.4. The van der Waals surface area contributed by atoms with Crippen LogP contribution in [-0.2, 0) is 10.4 Å². The van der Waals surface area contributed by atoms with E-state index in [2.05, 4.69) is 16.8 Å². The Bertz CT molecular complexity index is 955. The van der Waals surface area contributed by atoms with Crippen LogP contribution in [0.2, 0.25) is 0 Å². The van der Waals surface area contributed by atoms with E-state index in [9.17, 15) is 14.7 Å². The molecule has 0 spiro atoms. The summed E-state index contributed by atoms with van der Waals surface area (Å²) in [5, 5.41) is 11.5. The van der Waals surface area contributed by atoms with Gasteiger partial charge in [0.2, 0.25) is 0 Å². The van der Waals surface area contributed by atoms with Gasteiger partial charge in [-0.25, -0.2) is 0 Å². The first-order valence-electron chi connectivity index (χ1n) is 10.1. The molecule has 7 nitrogen and oxygen atoms in total. The number of hydrogen-bond donors (Lipinski definition) is 1. The minimum absolute atomic E-state index is 0.331. The molecule has 2 aliphatic rings. The Kier molecular flexibility index (Phi) is 5.60. The molecule has 158 valence electrons. The van der Waals surface area contributed by atoms with E-state index < -0.39 is 11.5 Å². The van der Waals surface area contributed by atoms with Crippen LogP contribution in [-0.4, -0.2) is 73.6 Å². The van der Waals surface area contributed by atoms with Crippen molar-refractivity contribution >= 4 is 17.4 Å². The normalized spacial score (nSPS) is 22.2. The summed E-state index contributed by atoms with van der Waals surface area (Å²) in [4.78, 5) is 32.5. The van der Waals surface area contributed by atoms with E-state index >= 15 is 0 Å². The number of ether oxygens (including phenoxy) is 1. The summed E-state index contributed by atoms with van der Waals surface area (Å²) in [5.41, 5.74) is -0.387. The molecule has 0 saturated carbocycles. The van der Waals surface area contributed by atoms with Crippen molar-refractivity contribution in [3.8, 4) is 5.75 Å². The Hall–Kier alpha value is -2.74. The summed E-state index contributed by atoms with van der Waals surface area (Å²) >= 11 is 0. The zero-order valence-electron chi connectivity index (χ0n) is 17.4. The monoisotopic (exact) mass is 409 g/mol.